The fraction of sp³-hybridized carbons (Fsp3) is 0.296. The van der Waals surface area contributed by atoms with E-state index in [0.29, 0.717) is 30.9 Å². The smallest absolute Gasteiger partial charge is 0.261 e. The molecule has 35 heavy (non-hydrogen) atoms. The molecule has 0 bridgehead atoms. The number of carbonyl (C=O) groups is 1. The number of hydrogen-bond donors (Lipinski definition) is 1. The number of benzene rings is 3. The Morgan fingerprint density at radius 2 is 1.57 bits per heavy atom. The fourth-order valence-electron chi connectivity index (χ4n) is 4.01. The minimum absolute atomic E-state index is 0.0865. The molecule has 0 unspecified atom stereocenters. The molecular weight excluding hydrogens is 462 g/mol. The Bertz CT molecular complexity index is 1250. The van der Waals surface area contributed by atoms with E-state index in [1.807, 2.05) is 61.2 Å². The van der Waals surface area contributed by atoms with Crippen LogP contribution in [-0.4, -0.2) is 63.5 Å². The zero-order chi connectivity index (χ0) is 24.8. The first-order chi connectivity index (χ1) is 16.8. The van der Waals surface area contributed by atoms with Crippen molar-refractivity contribution >= 4 is 21.6 Å². The average molecular weight is 494 g/mol. The molecule has 1 N–H and O–H groups in total. The lowest BCUT2D eigenvalue weighted by Crippen LogP contribution is -2.49. The second kappa shape index (κ2) is 10.9. The van der Waals surface area contributed by atoms with Crippen molar-refractivity contribution in [3.63, 3.8) is 0 Å². The van der Waals surface area contributed by atoms with Crippen molar-refractivity contribution in [3.05, 3.63) is 89.5 Å². The maximum Gasteiger partial charge on any atom is 0.261 e. The van der Waals surface area contributed by atoms with Crippen LogP contribution in [0.3, 0.4) is 0 Å². The summed E-state index contributed by atoms with van der Waals surface area (Å²) in [5, 5.41) is 0. The van der Waals surface area contributed by atoms with Gasteiger partial charge in [0.15, 0.2) is 0 Å². The van der Waals surface area contributed by atoms with Gasteiger partial charge < -0.3 is 9.64 Å². The molecule has 184 valence electrons. The van der Waals surface area contributed by atoms with E-state index in [4.69, 9.17) is 4.74 Å². The van der Waals surface area contributed by atoms with Gasteiger partial charge >= 0.3 is 0 Å². The van der Waals surface area contributed by atoms with Gasteiger partial charge in [-0.1, -0.05) is 30.3 Å². The van der Waals surface area contributed by atoms with Crippen LogP contribution in [0, 0.1) is 13.8 Å². The standard InChI is InChI=1S/C27H31N3O4S/c1-21-7-6-10-26(22(21)2)28-35(32,33)25-13-11-23(12-14-25)27(31)30-17-15-29(16-18-30)19-20-34-24-8-4-3-5-9-24/h3-14,28H,15-20H2,1-2H3. The van der Waals surface area contributed by atoms with Gasteiger partial charge in [-0.25, -0.2) is 8.42 Å². The van der Waals surface area contributed by atoms with Crippen LogP contribution in [0.4, 0.5) is 5.69 Å². The molecule has 0 radical (unpaired) electrons. The molecule has 3 aromatic rings. The van der Waals surface area contributed by atoms with E-state index >= 15 is 0 Å². The SMILES string of the molecule is Cc1cccc(NS(=O)(=O)c2ccc(C(=O)N3CCN(CCOc4ccccc4)CC3)cc2)c1C. The molecule has 4 rings (SSSR count). The van der Waals surface area contributed by atoms with Crippen molar-refractivity contribution in [2.75, 3.05) is 44.1 Å². The molecule has 0 aromatic heterocycles. The molecule has 0 aliphatic carbocycles. The third-order valence-electron chi connectivity index (χ3n) is 6.34. The number of carbonyl (C=O) groups excluding carboxylic acids is 1. The number of amides is 1. The van der Waals surface area contributed by atoms with Crippen molar-refractivity contribution in [2.24, 2.45) is 0 Å². The summed E-state index contributed by atoms with van der Waals surface area (Å²) in [6.07, 6.45) is 0. The maximum atomic E-state index is 13.0. The van der Waals surface area contributed by atoms with E-state index in [2.05, 4.69) is 9.62 Å². The van der Waals surface area contributed by atoms with Gasteiger partial charge in [-0.15, -0.1) is 0 Å². The van der Waals surface area contributed by atoms with Crippen LogP contribution < -0.4 is 9.46 Å². The number of sulfonamides is 1. The zero-order valence-corrected chi connectivity index (χ0v) is 20.9. The molecule has 7 nitrogen and oxygen atoms in total. The van der Waals surface area contributed by atoms with Gasteiger partial charge in [0.25, 0.3) is 15.9 Å². The van der Waals surface area contributed by atoms with Crippen LogP contribution in [0.2, 0.25) is 0 Å². The van der Waals surface area contributed by atoms with Crippen LogP contribution in [0.5, 0.6) is 5.75 Å². The van der Waals surface area contributed by atoms with Gasteiger partial charge in [-0.2, -0.15) is 0 Å². The summed E-state index contributed by atoms with van der Waals surface area (Å²) in [5.74, 6) is 0.771. The maximum absolute atomic E-state index is 13.0. The molecule has 1 aliphatic rings. The predicted octanol–water partition coefficient (Wildman–Crippen LogP) is 3.94. The second-order valence-electron chi connectivity index (χ2n) is 8.67. The lowest BCUT2D eigenvalue weighted by Gasteiger charge is -2.34. The molecule has 1 amide bonds. The van der Waals surface area contributed by atoms with E-state index in [-0.39, 0.29) is 10.8 Å². The molecule has 0 spiro atoms. The Morgan fingerprint density at radius 1 is 0.886 bits per heavy atom. The first-order valence-corrected chi connectivity index (χ1v) is 13.2. The zero-order valence-electron chi connectivity index (χ0n) is 20.1. The molecule has 0 saturated carbocycles. The number of hydrogen-bond acceptors (Lipinski definition) is 5. The van der Waals surface area contributed by atoms with Crippen molar-refractivity contribution < 1.29 is 17.9 Å². The number of para-hydroxylation sites is 1. The first-order valence-electron chi connectivity index (χ1n) is 11.7. The predicted molar refractivity (Wildman–Crippen MR) is 137 cm³/mol. The molecule has 1 heterocycles. The third kappa shape index (κ3) is 6.21. The van der Waals surface area contributed by atoms with E-state index in [0.717, 1.165) is 36.5 Å². The number of piperazine rings is 1. The molecular formula is C27H31N3O4S. The normalized spacial score (nSPS) is 14.5. The van der Waals surface area contributed by atoms with Crippen molar-refractivity contribution in [1.82, 2.24) is 9.80 Å². The minimum atomic E-state index is -3.75. The summed E-state index contributed by atoms with van der Waals surface area (Å²) in [5.41, 5.74) is 2.93. The van der Waals surface area contributed by atoms with Crippen LogP contribution in [-0.2, 0) is 10.0 Å². The average Bonchev–Trinajstić information content (AvgIpc) is 2.87. The fourth-order valence-corrected chi connectivity index (χ4v) is 5.13. The molecule has 0 atom stereocenters. The highest BCUT2D eigenvalue weighted by Crippen LogP contribution is 2.22. The summed E-state index contributed by atoms with van der Waals surface area (Å²) >= 11 is 0. The lowest BCUT2D eigenvalue weighted by atomic mass is 10.1. The summed E-state index contributed by atoms with van der Waals surface area (Å²) < 4.78 is 34.1. The Labute approximate surface area is 207 Å². The lowest BCUT2D eigenvalue weighted by molar-refractivity contribution is 0.0620. The van der Waals surface area contributed by atoms with Crippen LogP contribution in [0.1, 0.15) is 21.5 Å². The number of nitrogens with zero attached hydrogens (tertiary/aromatic N) is 2. The number of anilines is 1. The van der Waals surface area contributed by atoms with Gasteiger partial charge in [0.1, 0.15) is 12.4 Å². The Balaban J connectivity index is 1.30. The van der Waals surface area contributed by atoms with Crippen LogP contribution in [0.25, 0.3) is 0 Å². The summed E-state index contributed by atoms with van der Waals surface area (Å²) in [7, 11) is -3.75. The number of aryl methyl sites for hydroxylation is 1. The molecule has 1 saturated heterocycles. The highest BCUT2D eigenvalue weighted by molar-refractivity contribution is 7.92. The summed E-state index contributed by atoms with van der Waals surface area (Å²) in [6, 6.07) is 21.4. The van der Waals surface area contributed by atoms with E-state index < -0.39 is 10.0 Å². The van der Waals surface area contributed by atoms with Crippen LogP contribution >= 0.6 is 0 Å². The Hall–Kier alpha value is -3.36. The van der Waals surface area contributed by atoms with Crippen molar-refractivity contribution in [2.45, 2.75) is 18.7 Å². The van der Waals surface area contributed by atoms with Gasteiger partial charge in [-0.05, 0) is 67.4 Å². The van der Waals surface area contributed by atoms with Gasteiger partial charge in [-0.3, -0.25) is 14.4 Å². The molecule has 8 heteroatoms. The highest BCUT2D eigenvalue weighted by Gasteiger charge is 2.23. The summed E-state index contributed by atoms with van der Waals surface area (Å²) in [4.78, 5) is 17.2. The monoisotopic (exact) mass is 493 g/mol. The number of nitrogens with one attached hydrogen (secondary N) is 1. The topological polar surface area (TPSA) is 79.0 Å². The van der Waals surface area contributed by atoms with E-state index in [1.54, 1.807) is 18.2 Å². The Kier molecular flexibility index (Phi) is 7.73. The van der Waals surface area contributed by atoms with Gasteiger partial charge in [0.05, 0.1) is 10.6 Å². The third-order valence-corrected chi connectivity index (χ3v) is 7.72. The van der Waals surface area contributed by atoms with Gasteiger partial charge in [0, 0.05) is 38.3 Å². The second-order valence-corrected chi connectivity index (χ2v) is 10.4. The number of rotatable bonds is 8. The highest BCUT2D eigenvalue weighted by atomic mass is 32.2. The van der Waals surface area contributed by atoms with E-state index in [9.17, 15) is 13.2 Å². The molecule has 1 fully saturated rings. The van der Waals surface area contributed by atoms with Crippen LogP contribution in [0.15, 0.2) is 77.7 Å². The first kappa shape index (κ1) is 24.8. The number of ether oxygens (including phenoxy) is 1. The molecule has 1 aliphatic heterocycles. The minimum Gasteiger partial charge on any atom is -0.492 e. The van der Waals surface area contributed by atoms with Crippen molar-refractivity contribution in [1.29, 1.82) is 0 Å². The van der Waals surface area contributed by atoms with Crippen molar-refractivity contribution in [3.8, 4) is 5.75 Å². The van der Waals surface area contributed by atoms with Gasteiger partial charge in [0.2, 0.25) is 0 Å². The molecule has 3 aromatic carbocycles. The Morgan fingerprint density at radius 3 is 2.26 bits per heavy atom. The van der Waals surface area contributed by atoms with E-state index in [1.165, 1.54) is 12.1 Å². The largest absolute Gasteiger partial charge is 0.492 e. The summed E-state index contributed by atoms with van der Waals surface area (Å²) in [6.45, 7) is 8.01. The quantitative estimate of drug-likeness (QED) is 0.514.